The number of benzene rings is 6. The van der Waals surface area contributed by atoms with Gasteiger partial charge < -0.3 is 4.42 Å². The maximum Gasteiger partial charge on any atom is 0.143 e. The molecule has 39 heavy (non-hydrogen) atoms. The Bertz CT molecular complexity index is 2100. The van der Waals surface area contributed by atoms with Crippen LogP contribution in [0.15, 0.2) is 138 Å². The van der Waals surface area contributed by atoms with Gasteiger partial charge in [-0.2, -0.15) is 0 Å². The molecule has 8 rings (SSSR count). The number of fused-ring (bicyclic) bond motifs is 5. The zero-order chi connectivity index (χ0) is 25.8. The molecular formula is C36H22N2O. The first kappa shape index (κ1) is 21.8. The summed E-state index contributed by atoms with van der Waals surface area (Å²) in [7, 11) is 0. The van der Waals surface area contributed by atoms with Crippen molar-refractivity contribution in [3.05, 3.63) is 134 Å². The third kappa shape index (κ3) is 3.37. The van der Waals surface area contributed by atoms with E-state index in [1.54, 1.807) is 6.33 Å². The molecule has 0 amide bonds. The summed E-state index contributed by atoms with van der Waals surface area (Å²) in [6, 6.07) is 40.8. The predicted octanol–water partition coefficient (Wildman–Crippen LogP) is 9.68. The summed E-state index contributed by atoms with van der Waals surface area (Å²) in [6.07, 6.45) is 5.37. The SMILES string of the molecule is c1ccc2c(c1)oc1c(-c3ccc(-c4c5ccccc5c(-c5cncnc5)c5ccccc45)cc3)cccc12. The Labute approximate surface area is 225 Å². The zero-order valence-electron chi connectivity index (χ0n) is 21.0. The quantitative estimate of drug-likeness (QED) is 0.228. The van der Waals surface area contributed by atoms with E-state index in [0.717, 1.165) is 38.6 Å². The zero-order valence-corrected chi connectivity index (χ0v) is 21.0. The van der Waals surface area contributed by atoms with E-state index in [1.807, 2.05) is 24.5 Å². The average Bonchev–Trinajstić information content (AvgIpc) is 3.39. The van der Waals surface area contributed by atoms with Crippen molar-refractivity contribution in [1.29, 1.82) is 0 Å². The Morgan fingerprint density at radius 2 is 0.923 bits per heavy atom. The molecule has 0 unspecified atom stereocenters. The third-order valence-corrected chi connectivity index (χ3v) is 7.67. The van der Waals surface area contributed by atoms with E-state index in [0.29, 0.717) is 0 Å². The molecule has 0 N–H and O–H groups in total. The lowest BCUT2D eigenvalue weighted by atomic mass is 9.86. The molecule has 2 aromatic heterocycles. The molecule has 182 valence electrons. The fourth-order valence-corrected chi connectivity index (χ4v) is 5.97. The Hall–Kier alpha value is -5.28. The largest absolute Gasteiger partial charge is 0.455 e. The van der Waals surface area contributed by atoms with Crippen molar-refractivity contribution in [2.24, 2.45) is 0 Å². The minimum Gasteiger partial charge on any atom is -0.455 e. The van der Waals surface area contributed by atoms with Gasteiger partial charge in [-0.3, -0.25) is 0 Å². The molecule has 0 saturated carbocycles. The Kier molecular flexibility index (Phi) is 4.82. The van der Waals surface area contributed by atoms with Crippen LogP contribution < -0.4 is 0 Å². The van der Waals surface area contributed by atoms with Crippen LogP contribution in [0.4, 0.5) is 0 Å². The molecule has 0 saturated heterocycles. The lowest BCUT2D eigenvalue weighted by molar-refractivity contribution is 0.670. The lowest BCUT2D eigenvalue weighted by Gasteiger charge is -2.17. The number of nitrogens with zero attached hydrogens (tertiary/aromatic N) is 2. The van der Waals surface area contributed by atoms with Crippen molar-refractivity contribution in [3.8, 4) is 33.4 Å². The normalized spacial score (nSPS) is 11.6. The molecule has 8 aromatic rings. The van der Waals surface area contributed by atoms with Gasteiger partial charge in [-0.05, 0) is 44.3 Å². The number of hydrogen-bond donors (Lipinski definition) is 0. The van der Waals surface area contributed by atoms with E-state index in [1.165, 1.54) is 38.2 Å². The molecule has 2 heterocycles. The van der Waals surface area contributed by atoms with E-state index in [-0.39, 0.29) is 0 Å². The summed E-state index contributed by atoms with van der Waals surface area (Å²) < 4.78 is 6.31. The van der Waals surface area contributed by atoms with Crippen LogP contribution in [0.5, 0.6) is 0 Å². The number of hydrogen-bond acceptors (Lipinski definition) is 3. The van der Waals surface area contributed by atoms with Crippen LogP contribution in [0.25, 0.3) is 76.9 Å². The molecule has 0 radical (unpaired) electrons. The van der Waals surface area contributed by atoms with Crippen molar-refractivity contribution >= 4 is 43.5 Å². The van der Waals surface area contributed by atoms with Gasteiger partial charge in [-0.15, -0.1) is 0 Å². The summed E-state index contributed by atoms with van der Waals surface area (Å²) in [6.45, 7) is 0. The van der Waals surface area contributed by atoms with Crippen molar-refractivity contribution in [2.45, 2.75) is 0 Å². The molecule has 0 spiro atoms. The van der Waals surface area contributed by atoms with Gasteiger partial charge >= 0.3 is 0 Å². The number of furan rings is 1. The topological polar surface area (TPSA) is 38.9 Å². The Morgan fingerprint density at radius 3 is 1.56 bits per heavy atom. The fraction of sp³-hybridized carbons (Fsp3) is 0. The average molecular weight is 499 g/mol. The minimum absolute atomic E-state index is 0.915. The molecule has 6 aromatic carbocycles. The Balaban J connectivity index is 1.35. The van der Waals surface area contributed by atoms with Crippen LogP contribution in [0.3, 0.4) is 0 Å². The maximum atomic E-state index is 6.31. The van der Waals surface area contributed by atoms with Gasteiger partial charge in [-0.1, -0.05) is 109 Å². The van der Waals surface area contributed by atoms with Gasteiger partial charge in [0.1, 0.15) is 17.5 Å². The maximum absolute atomic E-state index is 6.31. The van der Waals surface area contributed by atoms with Gasteiger partial charge in [0.15, 0.2) is 0 Å². The van der Waals surface area contributed by atoms with Gasteiger partial charge in [0.25, 0.3) is 0 Å². The number of para-hydroxylation sites is 2. The standard InChI is InChI=1S/C36H22N2O/c1-3-11-30-28(9-1)34(29-10-2-4-12-31(29)35(30)25-20-37-22-38-21-25)24-18-16-23(17-19-24)26-13-7-14-32-27-8-5-6-15-33(27)39-36(26)32/h1-22H. The molecule has 0 aliphatic carbocycles. The molecule has 3 nitrogen and oxygen atoms in total. The summed E-state index contributed by atoms with van der Waals surface area (Å²) in [5.74, 6) is 0. The van der Waals surface area contributed by atoms with Crippen LogP contribution >= 0.6 is 0 Å². The van der Waals surface area contributed by atoms with Gasteiger partial charge in [-0.25, -0.2) is 9.97 Å². The fourth-order valence-electron chi connectivity index (χ4n) is 5.97. The van der Waals surface area contributed by atoms with E-state index in [9.17, 15) is 0 Å². The number of aromatic nitrogens is 2. The second-order valence-corrected chi connectivity index (χ2v) is 9.83. The third-order valence-electron chi connectivity index (χ3n) is 7.67. The highest BCUT2D eigenvalue weighted by Gasteiger charge is 2.17. The van der Waals surface area contributed by atoms with E-state index in [4.69, 9.17) is 4.42 Å². The Morgan fingerprint density at radius 1 is 0.410 bits per heavy atom. The highest BCUT2D eigenvalue weighted by Crippen LogP contribution is 2.44. The molecule has 0 atom stereocenters. The van der Waals surface area contributed by atoms with Crippen LogP contribution in [-0.4, -0.2) is 9.97 Å². The molecule has 0 bridgehead atoms. The van der Waals surface area contributed by atoms with E-state index in [2.05, 4.69) is 113 Å². The molecule has 0 aliphatic rings. The second kappa shape index (κ2) is 8.64. The van der Waals surface area contributed by atoms with Crippen molar-refractivity contribution in [3.63, 3.8) is 0 Å². The molecule has 0 aliphatic heterocycles. The summed E-state index contributed by atoms with van der Waals surface area (Å²) in [4.78, 5) is 8.62. The molecule has 3 heteroatoms. The number of rotatable bonds is 3. The van der Waals surface area contributed by atoms with Gasteiger partial charge in [0.2, 0.25) is 0 Å². The van der Waals surface area contributed by atoms with Gasteiger partial charge in [0, 0.05) is 39.9 Å². The first-order chi connectivity index (χ1) is 19.4. The monoisotopic (exact) mass is 498 g/mol. The molecule has 0 fully saturated rings. The van der Waals surface area contributed by atoms with Crippen molar-refractivity contribution < 1.29 is 4.42 Å². The first-order valence-electron chi connectivity index (χ1n) is 13.1. The summed E-state index contributed by atoms with van der Waals surface area (Å²) in [5.41, 5.74) is 8.67. The van der Waals surface area contributed by atoms with E-state index < -0.39 is 0 Å². The van der Waals surface area contributed by atoms with Crippen LogP contribution in [0.1, 0.15) is 0 Å². The van der Waals surface area contributed by atoms with Crippen molar-refractivity contribution in [1.82, 2.24) is 9.97 Å². The summed E-state index contributed by atoms with van der Waals surface area (Å²) >= 11 is 0. The molecular weight excluding hydrogens is 476 g/mol. The van der Waals surface area contributed by atoms with E-state index >= 15 is 0 Å². The lowest BCUT2D eigenvalue weighted by Crippen LogP contribution is -1.91. The van der Waals surface area contributed by atoms with Crippen LogP contribution in [0.2, 0.25) is 0 Å². The highest BCUT2D eigenvalue weighted by molar-refractivity contribution is 6.21. The minimum atomic E-state index is 0.915. The van der Waals surface area contributed by atoms with Crippen LogP contribution in [0, 0.1) is 0 Å². The van der Waals surface area contributed by atoms with Gasteiger partial charge in [0.05, 0.1) is 0 Å². The summed E-state index contributed by atoms with van der Waals surface area (Å²) in [5, 5.41) is 7.09. The smallest absolute Gasteiger partial charge is 0.143 e. The first-order valence-corrected chi connectivity index (χ1v) is 13.1. The van der Waals surface area contributed by atoms with Crippen LogP contribution in [-0.2, 0) is 0 Å². The van der Waals surface area contributed by atoms with Crippen molar-refractivity contribution in [2.75, 3.05) is 0 Å². The second-order valence-electron chi connectivity index (χ2n) is 9.83. The highest BCUT2D eigenvalue weighted by atomic mass is 16.3. The predicted molar refractivity (Wildman–Crippen MR) is 161 cm³/mol.